The van der Waals surface area contributed by atoms with E-state index >= 15 is 0 Å². The fourth-order valence-electron chi connectivity index (χ4n) is 5.45. The summed E-state index contributed by atoms with van der Waals surface area (Å²) < 4.78 is 10.9. The van der Waals surface area contributed by atoms with Crippen LogP contribution in [0.4, 0.5) is 0 Å². The van der Waals surface area contributed by atoms with Crippen LogP contribution in [0.5, 0.6) is 5.75 Å². The van der Waals surface area contributed by atoms with Gasteiger partial charge in [0.2, 0.25) is 11.7 Å². The van der Waals surface area contributed by atoms with Gasteiger partial charge in [0.05, 0.1) is 19.2 Å². The van der Waals surface area contributed by atoms with Crippen LogP contribution in [0.1, 0.15) is 65.7 Å². The Morgan fingerprint density at radius 1 is 1.11 bits per heavy atom. The molecule has 154 valence electrons. The van der Waals surface area contributed by atoms with Crippen LogP contribution in [0.15, 0.2) is 28.8 Å². The number of nitrogens with zero attached hydrogens (tertiary/aromatic N) is 2. The lowest BCUT2D eigenvalue weighted by molar-refractivity contribution is 0.0521. The Morgan fingerprint density at radius 2 is 1.79 bits per heavy atom. The molecule has 28 heavy (non-hydrogen) atoms. The van der Waals surface area contributed by atoms with Crippen molar-refractivity contribution in [3.05, 3.63) is 30.2 Å². The summed E-state index contributed by atoms with van der Waals surface area (Å²) in [5.41, 5.74) is 1.10. The van der Waals surface area contributed by atoms with Gasteiger partial charge in [0, 0.05) is 5.54 Å². The number of hydrogen-bond donors (Lipinski definition) is 1. The molecule has 2 fully saturated rings. The smallest absolute Gasteiger partial charge is 0.240 e. The molecule has 1 aromatic heterocycles. The number of rotatable bonds is 5. The molecule has 4 rings (SSSR count). The number of benzene rings is 1. The first kappa shape index (κ1) is 20.8. The highest BCUT2D eigenvalue weighted by Crippen LogP contribution is 2.47. The van der Waals surface area contributed by atoms with E-state index in [-0.39, 0.29) is 5.54 Å². The third kappa shape index (κ3) is 4.57. The summed E-state index contributed by atoms with van der Waals surface area (Å²) in [5.74, 6) is 4.44. The molecule has 2 unspecified atom stereocenters. The second-order valence-corrected chi connectivity index (χ2v) is 8.51. The summed E-state index contributed by atoms with van der Waals surface area (Å²) in [6.45, 7) is 9.42. The van der Waals surface area contributed by atoms with E-state index < -0.39 is 0 Å². The van der Waals surface area contributed by atoms with Crippen LogP contribution >= 0.6 is 0 Å². The van der Waals surface area contributed by atoms with Gasteiger partial charge in [-0.25, -0.2) is 0 Å². The number of nitrogens with one attached hydrogen (secondary N) is 1. The van der Waals surface area contributed by atoms with Crippen molar-refractivity contribution in [2.24, 2.45) is 17.8 Å². The molecule has 0 radical (unpaired) electrons. The Labute approximate surface area is 169 Å². The molecule has 0 saturated heterocycles. The van der Waals surface area contributed by atoms with Crippen molar-refractivity contribution in [1.29, 1.82) is 0 Å². The van der Waals surface area contributed by atoms with Crippen LogP contribution in [-0.2, 0) is 6.54 Å². The van der Waals surface area contributed by atoms with Gasteiger partial charge in [-0.3, -0.25) is 0 Å². The monoisotopic (exact) mass is 385 g/mol. The van der Waals surface area contributed by atoms with E-state index in [9.17, 15) is 0 Å². The molecule has 2 aliphatic carbocycles. The topological polar surface area (TPSA) is 60.2 Å². The van der Waals surface area contributed by atoms with Gasteiger partial charge in [-0.1, -0.05) is 45.0 Å². The third-order valence-electron chi connectivity index (χ3n) is 6.06. The summed E-state index contributed by atoms with van der Waals surface area (Å²) in [6, 6.07) is 7.76. The zero-order valence-corrected chi connectivity index (χ0v) is 18.0. The van der Waals surface area contributed by atoms with Gasteiger partial charge < -0.3 is 14.6 Å². The van der Waals surface area contributed by atoms with E-state index in [1.807, 2.05) is 38.1 Å². The summed E-state index contributed by atoms with van der Waals surface area (Å²) in [5, 5.41) is 7.97. The van der Waals surface area contributed by atoms with Crippen LogP contribution in [0.2, 0.25) is 0 Å². The average molecular weight is 386 g/mol. The van der Waals surface area contributed by atoms with Gasteiger partial charge in [0.15, 0.2) is 0 Å². The zero-order chi connectivity index (χ0) is 20.1. The zero-order valence-electron chi connectivity index (χ0n) is 18.0. The molecule has 1 aromatic carbocycles. The van der Waals surface area contributed by atoms with Crippen molar-refractivity contribution >= 4 is 0 Å². The minimum absolute atomic E-state index is 0.235. The number of fused-ring (bicyclic) bond motifs is 2. The fourth-order valence-corrected chi connectivity index (χ4v) is 5.45. The van der Waals surface area contributed by atoms with Crippen molar-refractivity contribution in [3.8, 4) is 17.1 Å². The molecule has 2 atom stereocenters. The molecule has 2 aromatic rings. The first-order valence-electron chi connectivity index (χ1n) is 10.8. The standard InChI is InChI=1S/C21H29N3O2.C2H6/c1-14-8-16-9-15(2)11-21(10-14,12-16)22-13-19-23-20(24-26-19)17-6-4-5-7-18(17)25-3;1-2/h4-7,14-16,22H,8-13H2,1-3H3;1-2H3. The highest BCUT2D eigenvalue weighted by Gasteiger charge is 2.43. The quantitative estimate of drug-likeness (QED) is 0.740. The minimum atomic E-state index is 0.235. The highest BCUT2D eigenvalue weighted by molar-refractivity contribution is 5.63. The molecule has 2 bridgehead atoms. The van der Waals surface area contributed by atoms with Gasteiger partial charge in [-0.15, -0.1) is 0 Å². The number of aromatic nitrogens is 2. The Bertz CT molecular complexity index is 738. The molecule has 0 spiro atoms. The van der Waals surface area contributed by atoms with Crippen molar-refractivity contribution in [1.82, 2.24) is 15.5 Å². The van der Waals surface area contributed by atoms with Gasteiger partial charge >= 0.3 is 0 Å². The lowest BCUT2D eigenvalue weighted by Crippen LogP contribution is -2.54. The summed E-state index contributed by atoms with van der Waals surface area (Å²) in [7, 11) is 1.66. The second kappa shape index (κ2) is 9.08. The molecular formula is C23H35N3O2. The second-order valence-electron chi connectivity index (χ2n) is 8.51. The molecule has 2 saturated carbocycles. The summed E-state index contributed by atoms with van der Waals surface area (Å²) in [4.78, 5) is 4.59. The normalized spacial score (nSPS) is 29.0. The molecule has 2 aliphatic rings. The predicted molar refractivity (Wildman–Crippen MR) is 112 cm³/mol. The van der Waals surface area contributed by atoms with E-state index in [1.165, 1.54) is 32.1 Å². The predicted octanol–water partition coefficient (Wildman–Crippen LogP) is 5.47. The van der Waals surface area contributed by atoms with E-state index in [0.29, 0.717) is 18.3 Å². The van der Waals surface area contributed by atoms with E-state index in [4.69, 9.17) is 9.26 Å². The maximum atomic E-state index is 5.52. The Kier molecular flexibility index (Phi) is 6.76. The van der Waals surface area contributed by atoms with Gasteiger partial charge in [0.1, 0.15) is 5.75 Å². The van der Waals surface area contributed by atoms with Gasteiger partial charge in [-0.2, -0.15) is 4.98 Å². The highest BCUT2D eigenvalue weighted by atomic mass is 16.5. The Hall–Kier alpha value is -1.88. The van der Waals surface area contributed by atoms with Crippen molar-refractivity contribution < 1.29 is 9.26 Å². The van der Waals surface area contributed by atoms with Crippen LogP contribution in [0, 0.1) is 17.8 Å². The maximum absolute atomic E-state index is 5.52. The summed E-state index contributed by atoms with van der Waals surface area (Å²) in [6.07, 6.45) is 6.55. The number of para-hydroxylation sites is 1. The third-order valence-corrected chi connectivity index (χ3v) is 6.06. The van der Waals surface area contributed by atoms with Crippen LogP contribution in [0.3, 0.4) is 0 Å². The van der Waals surface area contributed by atoms with Crippen LogP contribution in [-0.4, -0.2) is 22.8 Å². The Morgan fingerprint density at radius 3 is 2.46 bits per heavy atom. The lowest BCUT2D eigenvalue weighted by Gasteiger charge is -2.50. The molecule has 0 amide bonds. The average Bonchev–Trinajstić information content (AvgIpc) is 3.16. The van der Waals surface area contributed by atoms with E-state index in [1.54, 1.807) is 7.11 Å². The molecular weight excluding hydrogens is 350 g/mol. The molecule has 1 heterocycles. The molecule has 5 nitrogen and oxygen atoms in total. The van der Waals surface area contributed by atoms with Crippen molar-refractivity contribution in [2.75, 3.05) is 7.11 Å². The number of hydrogen-bond acceptors (Lipinski definition) is 5. The first-order valence-corrected chi connectivity index (χ1v) is 10.8. The van der Waals surface area contributed by atoms with Gasteiger partial charge in [0.25, 0.3) is 0 Å². The van der Waals surface area contributed by atoms with Crippen LogP contribution < -0.4 is 10.1 Å². The minimum Gasteiger partial charge on any atom is -0.496 e. The number of ether oxygens (including phenoxy) is 1. The maximum Gasteiger partial charge on any atom is 0.240 e. The van der Waals surface area contributed by atoms with Crippen molar-refractivity contribution in [2.45, 2.75) is 71.9 Å². The molecule has 5 heteroatoms. The largest absolute Gasteiger partial charge is 0.496 e. The van der Waals surface area contributed by atoms with Crippen molar-refractivity contribution in [3.63, 3.8) is 0 Å². The Balaban J connectivity index is 0.00000109. The van der Waals surface area contributed by atoms with Crippen LogP contribution in [0.25, 0.3) is 11.4 Å². The van der Waals surface area contributed by atoms with Gasteiger partial charge in [-0.05, 0) is 62.0 Å². The lowest BCUT2D eigenvalue weighted by atomic mass is 9.61. The number of methoxy groups -OCH3 is 1. The molecule has 0 aliphatic heterocycles. The van der Waals surface area contributed by atoms with E-state index in [2.05, 4.69) is 29.3 Å². The fraction of sp³-hybridized carbons (Fsp3) is 0.652. The molecule has 1 N–H and O–H groups in total. The summed E-state index contributed by atoms with van der Waals surface area (Å²) >= 11 is 0. The SMILES string of the molecule is CC.COc1ccccc1-c1noc(CNC23CC(C)CC(CC(C)C2)C3)n1. The first-order chi connectivity index (χ1) is 13.6. The van der Waals surface area contributed by atoms with E-state index in [0.717, 1.165) is 29.1 Å².